The zero-order chi connectivity index (χ0) is 14.0. The van der Waals surface area contributed by atoms with Gasteiger partial charge in [-0.2, -0.15) is 0 Å². The molecule has 6 heteroatoms. The number of hydrogen-bond donors (Lipinski definition) is 1. The zero-order valence-corrected chi connectivity index (χ0v) is 11.1. The van der Waals surface area contributed by atoms with Crippen LogP contribution in [-0.2, 0) is 16.0 Å². The predicted octanol–water partition coefficient (Wildman–Crippen LogP) is 0.477. The van der Waals surface area contributed by atoms with E-state index in [1.807, 2.05) is 13.8 Å². The molecule has 0 bridgehead atoms. The molecule has 1 aromatic rings. The summed E-state index contributed by atoms with van der Waals surface area (Å²) in [5.74, 6) is 0.164. The summed E-state index contributed by atoms with van der Waals surface area (Å²) in [5.41, 5.74) is 6.23. The van der Waals surface area contributed by atoms with Crippen LogP contribution in [0.25, 0.3) is 0 Å². The van der Waals surface area contributed by atoms with E-state index in [9.17, 15) is 9.59 Å². The van der Waals surface area contributed by atoms with Gasteiger partial charge in [0.05, 0.1) is 13.2 Å². The molecule has 0 saturated carbocycles. The second kappa shape index (κ2) is 5.44. The summed E-state index contributed by atoms with van der Waals surface area (Å²) in [4.78, 5) is 25.1. The number of amides is 2. The van der Waals surface area contributed by atoms with Crippen LogP contribution in [-0.4, -0.2) is 42.5 Å². The SMILES string of the molecule is CCc1oc(C(=O)N2CCOCC2C(N)=O)cc1C. The Morgan fingerprint density at radius 1 is 1.53 bits per heavy atom. The van der Waals surface area contributed by atoms with Crippen LogP contribution in [0, 0.1) is 6.92 Å². The van der Waals surface area contributed by atoms with Gasteiger partial charge in [-0.05, 0) is 18.6 Å². The number of ether oxygens (including phenoxy) is 1. The maximum absolute atomic E-state index is 12.4. The van der Waals surface area contributed by atoms with E-state index in [0.717, 1.165) is 17.7 Å². The maximum atomic E-state index is 12.4. The van der Waals surface area contributed by atoms with Gasteiger partial charge in [0, 0.05) is 13.0 Å². The topological polar surface area (TPSA) is 85.8 Å². The van der Waals surface area contributed by atoms with Gasteiger partial charge >= 0.3 is 0 Å². The van der Waals surface area contributed by atoms with E-state index in [-0.39, 0.29) is 18.3 Å². The van der Waals surface area contributed by atoms with E-state index in [1.54, 1.807) is 6.07 Å². The van der Waals surface area contributed by atoms with Gasteiger partial charge in [0.2, 0.25) is 5.91 Å². The fourth-order valence-electron chi connectivity index (χ4n) is 2.20. The summed E-state index contributed by atoms with van der Waals surface area (Å²) in [6, 6.07) is 0.978. The van der Waals surface area contributed by atoms with Gasteiger partial charge in [0.15, 0.2) is 5.76 Å². The van der Waals surface area contributed by atoms with Crippen molar-refractivity contribution in [2.24, 2.45) is 5.73 Å². The van der Waals surface area contributed by atoms with Crippen LogP contribution in [0.2, 0.25) is 0 Å². The molecule has 1 aliphatic heterocycles. The van der Waals surface area contributed by atoms with Gasteiger partial charge in [-0.15, -0.1) is 0 Å². The van der Waals surface area contributed by atoms with Crippen molar-refractivity contribution in [3.63, 3.8) is 0 Å². The highest BCUT2D eigenvalue weighted by molar-refractivity contribution is 5.95. The average molecular weight is 266 g/mol. The number of hydrogen-bond acceptors (Lipinski definition) is 4. The molecule has 0 aliphatic carbocycles. The Balaban J connectivity index is 2.23. The molecule has 104 valence electrons. The van der Waals surface area contributed by atoms with Crippen molar-refractivity contribution in [3.05, 3.63) is 23.2 Å². The highest BCUT2D eigenvalue weighted by Gasteiger charge is 2.33. The van der Waals surface area contributed by atoms with E-state index in [0.29, 0.717) is 13.2 Å². The number of rotatable bonds is 3. The minimum atomic E-state index is -0.725. The van der Waals surface area contributed by atoms with Crippen LogP contribution < -0.4 is 5.73 Å². The van der Waals surface area contributed by atoms with E-state index >= 15 is 0 Å². The fourth-order valence-corrected chi connectivity index (χ4v) is 2.20. The lowest BCUT2D eigenvalue weighted by Crippen LogP contribution is -2.54. The molecule has 1 atom stereocenters. The first-order chi connectivity index (χ1) is 9.04. The van der Waals surface area contributed by atoms with Gasteiger partial charge in [0.25, 0.3) is 5.91 Å². The second-order valence-corrected chi connectivity index (χ2v) is 4.56. The monoisotopic (exact) mass is 266 g/mol. The molecule has 0 aromatic carbocycles. The van der Waals surface area contributed by atoms with Crippen molar-refractivity contribution in [2.75, 3.05) is 19.8 Å². The molecular formula is C13H18N2O4. The second-order valence-electron chi connectivity index (χ2n) is 4.56. The highest BCUT2D eigenvalue weighted by atomic mass is 16.5. The first-order valence-corrected chi connectivity index (χ1v) is 6.32. The zero-order valence-electron chi connectivity index (χ0n) is 11.1. The Labute approximate surface area is 111 Å². The lowest BCUT2D eigenvalue weighted by Gasteiger charge is -2.32. The first-order valence-electron chi connectivity index (χ1n) is 6.32. The number of aryl methyl sites for hydroxylation is 2. The molecule has 0 radical (unpaired) electrons. The summed E-state index contributed by atoms with van der Waals surface area (Å²) < 4.78 is 10.7. The van der Waals surface area contributed by atoms with Gasteiger partial charge in [-0.25, -0.2) is 0 Å². The highest BCUT2D eigenvalue weighted by Crippen LogP contribution is 2.19. The number of nitrogens with zero attached hydrogens (tertiary/aromatic N) is 1. The molecule has 2 rings (SSSR count). The average Bonchev–Trinajstić information content (AvgIpc) is 2.79. The third-order valence-corrected chi connectivity index (χ3v) is 3.27. The van der Waals surface area contributed by atoms with Crippen molar-refractivity contribution in [3.8, 4) is 0 Å². The van der Waals surface area contributed by atoms with Crippen molar-refractivity contribution < 1.29 is 18.7 Å². The third-order valence-electron chi connectivity index (χ3n) is 3.27. The largest absolute Gasteiger partial charge is 0.456 e. The van der Waals surface area contributed by atoms with Crippen molar-refractivity contribution in [1.82, 2.24) is 4.90 Å². The van der Waals surface area contributed by atoms with Crippen LogP contribution in [0.5, 0.6) is 0 Å². The molecule has 1 aliphatic rings. The predicted molar refractivity (Wildman–Crippen MR) is 67.7 cm³/mol. The summed E-state index contributed by atoms with van der Waals surface area (Å²) >= 11 is 0. The minimum absolute atomic E-state index is 0.140. The van der Waals surface area contributed by atoms with Crippen LogP contribution in [0.3, 0.4) is 0 Å². The van der Waals surface area contributed by atoms with Crippen LogP contribution in [0.1, 0.15) is 28.8 Å². The Morgan fingerprint density at radius 3 is 2.84 bits per heavy atom. The Kier molecular flexibility index (Phi) is 3.90. The normalized spacial score (nSPS) is 19.5. The lowest BCUT2D eigenvalue weighted by molar-refractivity contribution is -0.127. The minimum Gasteiger partial charge on any atom is -0.456 e. The first kappa shape index (κ1) is 13.6. The molecule has 6 nitrogen and oxygen atoms in total. The summed E-state index contributed by atoms with van der Waals surface area (Å²) in [5, 5.41) is 0. The van der Waals surface area contributed by atoms with Crippen molar-refractivity contribution >= 4 is 11.8 Å². The van der Waals surface area contributed by atoms with Crippen molar-refractivity contribution in [2.45, 2.75) is 26.3 Å². The standard InChI is InChI=1S/C13H18N2O4/c1-3-10-8(2)6-11(19-10)13(17)15-4-5-18-7-9(15)12(14)16/h6,9H,3-5,7H2,1-2H3,(H2,14,16). The van der Waals surface area contributed by atoms with Gasteiger partial charge in [-0.3, -0.25) is 9.59 Å². The van der Waals surface area contributed by atoms with E-state index in [2.05, 4.69) is 0 Å². The summed E-state index contributed by atoms with van der Waals surface area (Å²) in [6.45, 7) is 4.73. The lowest BCUT2D eigenvalue weighted by atomic mass is 10.2. The molecular weight excluding hydrogens is 248 g/mol. The smallest absolute Gasteiger partial charge is 0.290 e. The molecule has 0 spiro atoms. The van der Waals surface area contributed by atoms with Crippen molar-refractivity contribution in [1.29, 1.82) is 0 Å². The number of primary amides is 1. The number of morpholine rings is 1. The van der Waals surface area contributed by atoms with E-state index in [1.165, 1.54) is 4.90 Å². The molecule has 19 heavy (non-hydrogen) atoms. The summed E-state index contributed by atoms with van der Waals surface area (Å²) in [7, 11) is 0. The van der Waals surface area contributed by atoms with E-state index in [4.69, 9.17) is 14.9 Å². The Bertz CT molecular complexity index is 495. The number of carbonyl (C=O) groups is 2. The van der Waals surface area contributed by atoms with Gasteiger partial charge < -0.3 is 19.8 Å². The molecule has 2 N–H and O–H groups in total. The molecule has 1 unspecified atom stereocenters. The Hall–Kier alpha value is -1.82. The van der Waals surface area contributed by atoms with Crippen LogP contribution in [0.4, 0.5) is 0 Å². The molecule has 2 amide bonds. The number of carbonyl (C=O) groups excluding carboxylic acids is 2. The van der Waals surface area contributed by atoms with Crippen LogP contribution in [0.15, 0.2) is 10.5 Å². The molecule has 1 aromatic heterocycles. The van der Waals surface area contributed by atoms with E-state index < -0.39 is 11.9 Å². The van der Waals surface area contributed by atoms with Gasteiger partial charge in [-0.1, -0.05) is 6.92 Å². The summed E-state index contributed by atoms with van der Waals surface area (Å²) in [6.07, 6.45) is 0.724. The van der Waals surface area contributed by atoms with Crippen LogP contribution >= 0.6 is 0 Å². The Morgan fingerprint density at radius 2 is 2.26 bits per heavy atom. The fraction of sp³-hybridized carbons (Fsp3) is 0.538. The quantitative estimate of drug-likeness (QED) is 0.862. The maximum Gasteiger partial charge on any atom is 0.290 e. The number of nitrogens with two attached hydrogens (primary N) is 1. The third kappa shape index (κ3) is 2.63. The van der Waals surface area contributed by atoms with Gasteiger partial charge in [0.1, 0.15) is 11.8 Å². The number of furan rings is 1. The molecule has 1 saturated heterocycles. The molecule has 2 heterocycles. The molecule has 1 fully saturated rings.